The molecule has 1 aromatic carbocycles. The largest absolute Gasteiger partial charge is 0.336 e. The van der Waals surface area contributed by atoms with Gasteiger partial charge in [-0.15, -0.1) is 0 Å². The van der Waals surface area contributed by atoms with E-state index in [1.807, 2.05) is 34.8 Å². The molecule has 1 aliphatic heterocycles. The van der Waals surface area contributed by atoms with Crippen LogP contribution in [0.4, 0.5) is 0 Å². The summed E-state index contributed by atoms with van der Waals surface area (Å²) in [6.07, 6.45) is 4.60. The van der Waals surface area contributed by atoms with Gasteiger partial charge in [-0.05, 0) is 17.5 Å². The van der Waals surface area contributed by atoms with Gasteiger partial charge in [-0.25, -0.2) is 4.98 Å². The predicted molar refractivity (Wildman–Crippen MR) is 83.4 cm³/mol. The Balaban J connectivity index is 1.60. The Morgan fingerprint density at radius 1 is 1.36 bits per heavy atom. The van der Waals surface area contributed by atoms with E-state index >= 15 is 0 Å². The average Bonchev–Trinajstić information content (AvgIpc) is 2.94. The number of aromatic nitrogens is 2. The van der Waals surface area contributed by atoms with Crippen LogP contribution in [-0.2, 0) is 18.3 Å². The molecule has 2 aliphatic rings. The van der Waals surface area contributed by atoms with Crippen molar-refractivity contribution in [3.63, 3.8) is 0 Å². The quantitative estimate of drug-likeness (QED) is 0.907. The van der Waals surface area contributed by atoms with Crippen molar-refractivity contribution >= 4 is 5.91 Å². The zero-order valence-electron chi connectivity index (χ0n) is 12.7. The molecule has 2 unspecified atom stereocenters. The first-order valence-corrected chi connectivity index (χ1v) is 7.82. The number of amides is 1. The smallest absolute Gasteiger partial charge is 0.231 e. The summed E-state index contributed by atoms with van der Waals surface area (Å²) in [5.41, 5.74) is 2.51. The summed E-state index contributed by atoms with van der Waals surface area (Å²) >= 11 is 0. The van der Waals surface area contributed by atoms with Crippen molar-refractivity contribution in [2.24, 2.45) is 7.05 Å². The van der Waals surface area contributed by atoms with E-state index in [1.54, 1.807) is 6.20 Å². The zero-order valence-corrected chi connectivity index (χ0v) is 12.7. The Morgan fingerprint density at radius 3 is 3.00 bits per heavy atom. The van der Waals surface area contributed by atoms with Crippen LogP contribution in [0, 0.1) is 0 Å². The molecule has 2 heterocycles. The molecule has 22 heavy (non-hydrogen) atoms. The molecule has 0 radical (unpaired) electrons. The van der Waals surface area contributed by atoms with Crippen molar-refractivity contribution in [3.05, 3.63) is 53.6 Å². The van der Waals surface area contributed by atoms with Crippen LogP contribution in [0.2, 0.25) is 0 Å². The van der Waals surface area contributed by atoms with Gasteiger partial charge in [-0.1, -0.05) is 24.3 Å². The maximum atomic E-state index is 13.0. The van der Waals surface area contributed by atoms with Crippen molar-refractivity contribution in [2.75, 3.05) is 19.6 Å². The fourth-order valence-electron chi connectivity index (χ4n) is 3.58. The summed E-state index contributed by atoms with van der Waals surface area (Å²) in [6.45, 7) is 2.36. The third-order valence-corrected chi connectivity index (χ3v) is 4.84. The second kappa shape index (κ2) is 5.25. The second-order valence-corrected chi connectivity index (χ2v) is 6.10. The minimum absolute atomic E-state index is 0.0222. The molecule has 0 bridgehead atoms. The average molecular weight is 296 g/mol. The van der Waals surface area contributed by atoms with E-state index in [4.69, 9.17) is 0 Å². The molecule has 4 rings (SSSR count). The minimum atomic E-state index is 0.0222. The van der Waals surface area contributed by atoms with Crippen LogP contribution in [-0.4, -0.2) is 40.0 Å². The van der Waals surface area contributed by atoms with E-state index in [1.165, 1.54) is 11.1 Å². The predicted octanol–water partition coefficient (Wildman–Crippen LogP) is 1.23. The Labute approximate surface area is 130 Å². The molecule has 1 fully saturated rings. The summed E-state index contributed by atoms with van der Waals surface area (Å²) < 4.78 is 2.01. The molecular formula is C17H20N4O. The van der Waals surface area contributed by atoms with Crippen LogP contribution in [0.15, 0.2) is 36.7 Å². The van der Waals surface area contributed by atoms with Gasteiger partial charge in [0.05, 0.1) is 5.92 Å². The molecule has 5 heteroatoms. The molecule has 0 spiro atoms. The van der Waals surface area contributed by atoms with Gasteiger partial charge in [0.25, 0.3) is 0 Å². The van der Waals surface area contributed by atoms with Crippen molar-refractivity contribution < 1.29 is 4.79 Å². The van der Waals surface area contributed by atoms with Gasteiger partial charge in [-0.3, -0.25) is 4.79 Å². The van der Waals surface area contributed by atoms with E-state index in [2.05, 4.69) is 22.4 Å². The normalized spacial score (nSPS) is 23.8. The molecule has 2 aromatic rings. The molecule has 2 atom stereocenters. The first-order valence-electron chi connectivity index (χ1n) is 7.82. The van der Waals surface area contributed by atoms with E-state index in [-0.39, 0.29) is 17.9 Å². The van der Waals surface area contributed by atoms with Gasteiger partial charge in [0.15, 0.2) is 0 Å². The number of carbonyl (C=O) groups excluding carboxylic acids is 1. The standard InChI is InChI=1S/C17H20N4O/c1-20-8-7-19-16(20)15-11-18-6-9-21(15)17(22)14-10-12-4-2-3-5-13(12)14/h2-5,7-8,14-15,18H,6,9-11H2,1H3. The Morgan fingerprint density at radius 2 is 2.23 bits per heavy atom. The number of aryl methyl sites for hydroxylation is 1. The van der Waals surface area contributed by atoms with Gasteiger partial charge >= 0.3 is 0 Å². The number of carbonyl (C=O) groups is 1. The summed E-state index contributed by atoms with van der Waals surface area (Å²) in [5, 5.41) is 3.38. The van der Waals surface area contributed by atoms with Crippen LogP contribution in [0.5, 0.6) is 0 Å². The van der Waals surface area contributed by atoms with E-state index < -0.39 is 0 Å². The molecule has 1 N–H and O–H groups in total. The van der Waals surface area contributed by atoms with E-state index in [0.29, 0.717) is 0 Å². The van der Waals surface area contributed by atoms with Crippen LogP contribution < -0.4 is 5.32 Å². The molecule has 0 saturated carbocycles. The van der Waals surface area contributed by atoms with Crippen LogP contribution in [0.1, 0.15) is 28.9 Å². The zero-order chi connectivity index (χ0) is 15.1. The maximum absolute atomic E-state index is 13.0. The molecular weight excluding hydrogens is 276 g/mol. The van der Waals surface area contributed by atoms with Gasteiger partial charge in [0.1, 0.15) is 11.9 Å². The van der Waals surface area contributed by atoms with Crippen LogP contribution in [0.3, 0.4) is 0 Å². The molecule has 5 nitrogen and oxygen atoms in total. The SMILES string of the molecule is Cn1ccnc1C1CNCCN1C(=O)C1Cc2ccccc21. The molecule has 1 aromatic heterocycles. The minimum Gasteiger partial charge on any atom is -0.336 e. The maximum Gasteiger partial charge on any atom is 0.231 e. The lowest BCUT2D eigenvalue weighted by Crippen LogP contribution is -2.51. The Hall–Kier alpha value is -2.14. The highest BCUT2D eigenvalue weighted by molar-refractivity contribution is 5.87. The van der Waals surface area contributed by atoms with Crippen LogP contribution in [0.25, 0.3) is 0 Å². The lowest BCUT2D eigenvalue weighted by atomic mass is 9.76. The number of nitrogens with zero attached hydrogens (tertiary/aromatic N) is 3. The lowest BCUT2D eigenvalue weighted by molar-refractivity contribution is -0.137. The van der Waals surface area contributed by atoms with Crippen molar-refractivity contribution in [3.8, 4) is 0 Å². The first-order chi connectivity index (χ1) is 10.8. The third-order valence-electron chi connectivity index (χ3n) is 4.84. The summed E-state index contributed by atoms with van der Waals surface area (Å²) in [6, 6.07) is 8.29. The van der Waals surface area contributed by atoms with E-state index in [0.717, 1.165) is 31.9 Å². The third kappa shape index (κ3) is 2.04. The number of nitrogens with one attached hydrogen (secondary N) is 1. The summed E-state index contributed by atoms with van der Waals surface area (Å²) in [4.78, 5) is 19.5. The number of benzene rings is 1. The topological polar surface area (TPSA) is 50.2 Å². The van der Waals surface area contributed by atoms with Gasteiger partial charge in [-0.2, -0.15) is 0 Å². The highest BCUT2D eigenvalue weighted by Crippen LogP contribution is 2.37. The van der Waals surface area contributed by atoms with E-state index in [9.17, 15) is 4.79 Å². The number of imidazole rings is 1. The fraction of sp³-hybridized carbons (Fsp3) is 0.412. The van der Waals surface area contributed by atoms with Crippen molar-refractivity contribution in [1.29, 1.82) is 0 Å². The monoisotopic (exact) mass is 296 g/mol. The Kier molecular flexibility index (Phi) is 3.22. The number of rotatable bonds is 2. The number of fused-ring (bicyclic) bond motifs is 1. The number of hydrogen-bond acceptors (Lipinski definition) is 3. The highest BCUT2D eigenvalue weighted by atomic mass is 16.2. The number of hydrogen-bond donors (Lipinski definition) is 1. The Bertz CT molecular complexity index is 708. The summed E-state index contributed by atoms with van der Waals surface area (Å²) in [7, 11) is 1.98. The highest BCUT2D eigenvalue weighted by Gasteiger charge is 2.39. The molecule has 114 valence electrons. The van der Waals surface area contributed by atoms with Gasteiger partial charge in [0, 0.05) is 39.1 Å². The van der Waals surface area contributed by atoms with Gasteiger partial charge < -0.3 is 14.8 Å². The molecule has 1 aliphatic carbocycles. The summed E-state index contributed by atoms with van der Waals surface area (Å²) in [5.74, 6) is 1.22. The fourth-order valence-corrected chi connectivity index (χ4v) is 3.58. The molecule has 1 amide bonds. The number of piperazine rings is 1. The molecule has 1 saturated heterocycles. The van der Waals surface area contributed by atoms with Crippen molar-refractivity contribution in [2.45, 2.75) is 18.4 Å². The lowest BCUT2D eigenvalue weighted by Gasteiger charge is -2.40. The van der Waals surface area contributed by atoms with Crippen molar-refractivity contribution in [1.82, 2.24) is 19.8 Å². The first kappa shape index (κ1) is 13.5. The van der Waals surface area contributed by atoms with Gasteiger partial charge in [0.2, 0.25) is 5.91 Å². The van der Waals surface area contributed by atoms with Crippen LogP contribution >= 0.6 is 0 Å². The second-order valence-electron chi connectivity index (χ2n) is 6.10.